The number of benzene rings is 1. The molecule has 0 bridgehead atoms. The van der Waals surface area contributed by atoms with Gasteiger partial charge in [0, 0.05) is 37.9 Å². The van der Waals surface area contributed by atoms with Crippen LogP contribution in [0.1, 0.15) is 5.69 Å². The van der Waals surface area contributed by atoms with Crippen molar-refractivity contribution in [3.8, 4) is 11.6 Å². The minimum Gasteiger partial charge on any atom is -0.495 e. The van der Waals surface area contributed by atoms with Gasteiger partial charge in [0.1, 0.15) is 5.75 Å². The zero-order valence-electron chi connectivity index (χ0n) is 14.9. The molecule has 1 aliphatic heterocycles. The normalized spacial score (nSPS) is 14.2. The summed E-state index contributed by atoms with van der Waals surface area (Å²) in [5.74, 6) is 0.664. The summed E-state index contributed by atoms with van der Waals surface area (Å²) in [6.07, 6.45) is 0. The molecule has 8 heteroatoms. The molecule has 1 saturated heterocycles. The maximum absolute atomic E-state index is 10.7. The molecular formula is C18H22N4O4. The fraction of sp³-hybridized carbons (Fsp3) is 0.389. The zero-order valence-corrected chi connectivity index (χ0v) is 14.9. The predicted octanol–water partition coefficient (Wildman–Crippen LogP) is 1.58. The Hall–Kier alpha value is -3.03. The van der Waals surface area contributed by atoms with Gasteiger partial charge in [0.25, 0.3) is 0 Å². The van der Waals surface area contributed by atoms with Crippen molar-refractivity contribution in [2.75, 3.05) is 49.7 Å². The van der Waals surface area contributed by atoms with Crippen LogP contribution in [-0.2, 0) is 4.79 Å². The molecule has 1 aliphatic rings. The highest BCUT2D eigenvalue weighted by atomic mass is 16.5. The minimum absolute atomic E-state index is 0.280. The Morgan fingerprint density at radius 3 is 2.54 bits per heavy atom. The minimum atomic E-state index is -1.03. The Labute approximate surface area is 152 Å². The molecule has 1 aromatic heterocycles. The van der Waals surface area contributed by atoms with Gasteiger partial charge >= 0.3 is 5.97 Å². The number of piperazine rings is 1. The van der Waals surface area contributed by atoms with Crippen molar-refractivity contribution in [1.82, 2.24) is 9.97 Å². The average molecular weight is 358 g/mol. The SMILES string of the molecule is COc1ccccc1N1CCN(c2nc(C)cc(OCC(=O)O)n2)CC1. The molecule has 0 amide bonds. The zero-order chi connectivity index (χ0) is 18.5. The number of methoxy groups -OCH3 is 1. The number of aliphatic carboxylic acids is 1. The van der Waals surface area contributed by atoms with Crippen LogP contribution in [-0.4, -0.2) is 60.9 Å². The van der Waals surface area contributed by atoms with Crippen molar-refractivity contribution in [1.29, 1.82) is 0 Å². The number of anilines is 2. The molecule has 138 valence electrons. The lowest BCUT2D eigenvalue weighted by atomic mass is 10.2. The van der Waals surface area contributed by atoms with Gasteiger partial charge in [0.15, 0.2) is 6.61 Å². The smallest absolute Gasteiger partial charge is 0.341 e. The Morgan fingerprint density at radius 1 is 1.15 bits per heavy atom. The first-order chi connectivity index (χ1) is 12.6. The fourth-order valence-corrected chi connectivity index (χ4v) is 2.91. The predicted molar refractivity (Wildman–Crippen MR) is 97.3 cm³/mol. The van der Waals surface area contributed by atoms with Crippen molar-refractivity contribution in [2.45, 2.75) is 6.92 Å². The summed E-state index contributed by atoms with van der Waals surface area (Å²) in [7, 11) is 1.67. The average Bonchev–Trinajstić information content (AvgIpc) is 2.66. The number of carbonyl (C=O) groups is 1. The Kier molecular flexibility index (Phi) is 5.40. The molecule has 0 unspecified atom stereocenters. The van der Waals surface area contributed by atoms with Crippen LogP contribution < -0.4 is 19.3 Å². The molecule has 26 heavy (non-hydrogen) atoms. The second kappa shape index (κ2) is 7.90. The van der Waals surface area contributed by atoms with E-state index in [0.29, 0.717) is 5.95 Å². The Balaban J connectivity index is 1.69. The molecule has 3 rings (SSSR count). The highest BCUT2D eigenvalue weighted by Gasteiger charge is 2.22. The van der Waals surface area contributed by atoms with Crippen LogP contribution in [0.15, 0.2) is 30.3 Å². The van der Waals surface area contributed by atoms with Crippen LogP contribution in [0.5, 0.6) is 11.6 Å². The standard InChI is InChI=1S/C18H22N4O4/c1-13-11-16(26-12-17(23)24)20-18(19-13)22-9-7-21(8-10-22)14-5-3-4-6-15(14)25-2/h3-6,11H,7-10,12H2,1-2H3,(H,23,24). The molecule has 0 spiro atoms. The molecule has 1 fully saturated rings. The number of para-hydroxylation sites is 2. The van der Waals surface area contributed by atoms with E-state index < -0.39 is 12.6 Å². The number of aryl methyl sites for hydroxylation is 1. The lowest BCUT2D eigenvalue weighted by Crippen LogP contribution is -2.47. The van der Waals surface area contributed by atoms with Crippen LogP contribution in [0.25, 0.3) is 0 Å². The summed E-state index contributed by atoms with van der Waals surface area (Å²) in [6, 6.07) is 9.60. The van der Waals surface area contributed by atoms with Crippen LogP contribution in [0.3, 0.4) is 0 Å². The van der Waals surface area contributed by atoms with Crippen molar-refractivity contribution < 1.29 is 19.4 Å². The van der Waals surface area contributed by atoms with Crippen LogP contribution in [0, 0.1) is 6.92 Å². The number of carboxylic acid groups (broad SMARTS) is 1. The monoisotopic (exact) mass is 358 g/mol. The van der Waals surface area contributed by atoms with Gasteiger partial charge in [0.2, 0.25) is 11.8 Å². The van der Waals surface area contributed by atoms with Gasteiger partial charge in [-0.2, -0.15) is 4.98 Å². The molecular weight excluding hydrogens is 336 g/mol. The van der Waals surface area contributed by atoms with Crippen molar-refractivity contribution in [2.24, 2.45) is 0 Å². The van der Waals surface area contributed by atoms with E-state index in [1.165, 1.54) is 0 Å². The summed E-state index contributed by atoms with van der Waals surface area (Å²) >= 11 is 0. The molecule has 1 aromatic carbocycles. The van der Waals surface area contributed by atoms with Gasteiger partial charge in [0.05, 0.1) is 12.8 Å². The Bertz CT molecular complexity index is 776. The van der Waals surface area contributed by atoms with Gasteiger partial charge in [-0.15, -0.1) is 0 Å². The van der Waals surface area contributed by atoms with Crippen LogP contribution in [0.4, 0.5) is 11.6 Å². The van der Waals surface area contributed by atoms with Crippen molar-refractivity contribution in [3.63, 3.8) is 0 Å². The first-order valence-corrected chi connectivity index (χ1v) is 8.40. The lowest BCUT2D eigenvalue weighted by molar-refractivity contribution is -0.139. The van der Waals surface area contributed by atoms with Gasteiger partial charge in [-0.3, -0.25) is 0 Å². The second-order valence-electron chi connectivity index (χ2n) is 5.98. The third-order valence-electron chi connectivity index (χ3n) is 4.15. The van der Waals surface area contributed by atoms with E-state index in [9.17, 15) is 4.79 Å². The van der Waals surface area contributed by atoms with E-state index in [1.807, 2.05) is 25.1 Å². The Morgan fingerprint density at radius 2 is 1.85 bits per heavy atom. The van der Waals surface area contributed by atoms with Gasteiger partial charge in [-0.05, 0) is 19.1 Å². The molecule has 2 heterocycles. The summed E-state index contributed by atoms with van der Waals surface area (Å²) < 4.78 is 10.6. The highest BCUT2D eigenvalue weighted by molar-refractivity contribution is 5.68. The summed E-state index contributed by atoms with van der Waals surface area (Å²) in [5, 5.41) is 8.75. The first kappa shape index (κ1) is 17.8. The number of rotatable bonds is 6. The van der Waals surface area contributed by atoms with E-state index >= 15 is 0 Å². The number of hydrogen-bond acceptors (Lipinski definition) is 7. The van der Waals surface area contributed by atoms with Crippen LogP contribution >= 0.6 is 0 Å². The molecule has 0 atom stereocenters. The topological polar surface area (TPSA) is 88.0 Å². The molecule has 0 radical (unpaired) electrons. The first-order valence-electron chi connectivity index (χ1n) is 8.40. The molecule has 2 aromatic rings. The molecule has 8 nitrogen and oxygen atoms in total. The van der Waals surface area contributed by atoms with Gasteiger partial charge in [-0.25, -0.2) is 9.78 Å². The third-order valence-corrected chi connectivity index (χ3v) is 4.15. The highest BCUT2D eigenvalue weighted by Crippen LogP contribution is 2.29. The number of carboxylic acids is 1. The van der Waals surface area contributed by atoms with Gasteiger partial charge in [-0.1, -0.05) is 12.1 Å². The number of hydrogen-bond donors (Lipinski definition) is 1. The number of nitrogens with zero attached hydrogens (tertiary/aromatic N) is 4. The second-order valence-corrected chi connectivity index (χ2v) is 5.98. The summed E-state index contributed by atoms with van der Waals surface area (Å²) in [5.41, 5.74) is 1.81. The number of ether oxygens (including phenoxy) is 2. The van der Waals surface area contributed by atoms with Crippen LogP contribution in [0.2, 0.25) is 0 Å². The fourth-order valence-electron chi connectivity index (χ4n) is 2.91. The summed E-state index contributed by atoms with van der Waals surface area (Å²) in [4.78, 5) is 23.8. The maximum atomic E-state index is 10.7. The quantitative estimate of drug-likeness (QED) is 0.833. The third kappa shape index (κ3) is 4.14. The molecule has 0 aliphatic carbocycles. The largest absolute Gasteiger partial charge is 0.495 e. The van der Waals surface area contributed by atoms with Crippen molar-refractivity contribution in [3.05, 3.63) is 36.0 Å². The maximum Gasteiger partial charge on any atom is 0.341 e. The van der Waals surface area contributed by atoms with Gasteiger partial charge < -0.3 is 24.4 Å². The van der Waals surface area contributed by atoms with E-state index in [4.69, 9.17) is 14.6 Å². The van der Waals surface area contributed by atoms with Crippen molar-refractivity contribution >= 4 is 17.6 Å². The molecule has 1 N–H and O–H groups in total. The number of aromatic nitrogens is 2. The lowest BCUT2D eigenvalue weighted by Gasteiger charge is -2.36. The van der Waals surface area contributed by atoms with E-state index in [2.05, 4.69) is 25.8 Å². The summed E-state index contributed by atoms with van der Waals surface area (Å²) in [6.45, 7) is 4.53. The van der Waals surface area contributed by atoms with E-state index in [1.54, 1.807) is 13.2 Å². The molecule has 0 saturated carbocycles. The van der Waals surface area contributed by atoms with E-state index in [0.717, 1.165) is 43.3 Å². The van der Waals surface area contributed by atoms with E-state index in [-0.39, 0.29) is 5.88 Å².